The number of benzene rings is 1. The van der Waals surface area contributed by atoms with Crippen LogP contribution >= 0.6 is 0 Å². The summed E-state index contributed by atoms with van der Waals surface area (Å²) >= 11 is 0. The van der Waals surface area contributed by atoms with Gasteiger partial charge in [0.15, 0.2) is 0 Å². The first-order valence-electron chi connectivity index (χ1n) is 7.15. The zero-order valence-electron chi connectivity index (χ0n) is 12.9. The van der Waals surface area contributed by atoms with Crippen molar-refractivity contribution in [2.75, 3.05) is 7.05 Å². The highest BCUT2D eigenvalue weighted by molar-refractivity contribution is 5.53. The van der Waals surface area contributed by atoms with Gasteiger partial charge in [0.05, 0.1) is 11.7 Å². The molecule has 0 spiro atoms. The van der Waals surface area contributed by atoms with Crippen LogP contribution in [0.25, 0.3) is 11.4 Å². The smallest absolute Gasteiger partial charge is 0.244 e. The minimum Gasteiger partial charge on any atom is -0.361 e. The SMILES string of the molecule is Cc1cc(CN(C)C(C)c2nc(-c3ccccc3)no2)no1. The number of aryl methyl sites for hydroxylation is 1. The van der Waals surface area contributed by atoms with Gasteiger partial charge in [-0.25, -0.2) is 0 Å². The van der Waals surface area contributed by atoms with Gasteiger partial charge >= 0.3 is 0 Å². The molecule has 2 aromatic heterocycles. The molecule has 0 saturated heterocycles. The van der Waals surface area contributed by atoms with E-state index >= 15 is 0 Å². The Morgan fingerprint density at radius 2 is 1.91 bits per heavy atom. The highest BCUT2D eigenvalue weighted by atomic mass is 16.5. The van der Waals surface area contributed by atoms with Crippen LogP contribution < -0.4 is 0 Å². The lowest BCUT2D eigenvalue weighted by Crippen LogP contribution is -2.22. The van der Waals surface area contributed by atoms with Crippen LogP contribution in [0.5, 0.6) is 0 Å². The molecule has 1 unspecified atom stereocenters. The number of nitrogens with zero attached hydrogens (tertiary/aromatic N) is 4. The Kier molecular flexibility index (Phi) is 4.02. The maximum atomic E-state index is 5.40. The third kappa shape index (κ3) is 3.07. The summed E-state index contributed by atoms with van der Waals surface area (Å²) in [6.07, 6.45) is 0. The Balaban J connectivity index is 1.72. The fourth-order valence-electron chi connectivity index (χ4n) is 2.18. The topological polar surface area (TPSA) is 68.2 Å². The molecule has 0 N–H and O–H groups in total. The summed E-state index contributed by atoms with van der Waals surface area (Å²) in [5.74, 6) is 2.00. The maximum absolute atomic E-state index is 5.40. The van der Waals surface area contributed by atoms with Crippen LogP contribution in [0, 0.1) is 6.92 Å². The van der Waals surface area contributed by atoms with Gasteiger partial charge in [-0.1, -0.05) is 40.6 Å². The summed E-state index contributed by atoms with van der Waals surface area (Å²) in [6.45, 7) is 4.56. The van der Waals surface area contributed by atoms with Gasteiger partial charge in [-0.2, -0.15) is 4.98 Å². The minimum atomic E-state index is -0.0121. The van der Waals surface area contributed by atoms with E-state index in [-0.39, 0.29) is 6.04 Å². The van der Waals surface area contributed by atoms with Gasteiger partial charge < -0.3 is 9.05 Å². The average Bonchev–Trinajstić information content (AvgIpc) is 3.17. The van der Waals surface area contributed by atoms with Gasteiger partial charge in [0, 0.05) is 18.2 Å². The van der Waals surface area contributed by atoms with E-state index in [0.717, 1.165) is 17.0 Å². The average molecular weight is 298 g/mol. The van der Waals surface area contributed by atoms with E-state index in [9.17, 15) is 0 Å². The van der Waals surface area contributed by atoms with Crippen molar-refractivity contribution in [3.63, 3.8) is 0 Å². The molecule has 6 nitrogen and oxygen atoms in total. The lowest BCUT2D eigenvalue weighted by molar-refractivity contribution is 0.198. The molecule has 0 radical (unpaired) electrons. The van der Waals surface area contributed by atoms with Crippen molar-refractivity contribution < 1.29 is 9.05 Å². The van der Waals surface area contributed by atoms with Gasteiger partial charge in [-0.3, -0.25) is 4.90 Å². The van der Waals surface area contributed by atoms with E-state index in [1.54, 1.807) is 0 Å². The summed E-state index contributed by atoms with van der Waals surface area (Å²) < 4.78 is 10.5. The third-order valence-corrected chi connectivity index (χ3v) is 3.58. The zero-order chi connectivity index (χ0) is 15.5. The predicted molar refractivity (Wildman–Crippen MR) is 80.9 cm³/mol. The summed E-state index contributed by atoms with van der Waals surface area (Å²) in [7, 11) is 1.99. The van der Waals surface area contributed by atoms with Gasteiger partial charge in [0.1, 0.15) is 5.76 Å². The van der Waals surface area contributed by atoms with E-state index in [1.165, 1.54) is 0 Å². The van der Waals surface area contributed by atoms with E-state index in [2.05, 4.69) is 20.2 Å². The first-order chi connectivity index (χ1) is 10.6. The highest BCUT2D eigenvalue weighted by Crippen LogP contribution is 2.22. The molecule has 0 bridgehead atoms. The molecule has 0 fully saturated rings. The van der Waals surface area contributed by atoms with Crippen LogP contribution in [-0.4, -0.2) is 27.2 Å². The second-order valence-corrected chi connectivity index (χ2v) is 5.34. The lowest BCUT2D eigenvalue weighted by Gasteiger charge is -2.19. The van der Waals surface area contributed by atoms with Crippen molar-refractivity contribution in [1.29, 1.82) is 0 Å². The van der Waals surface area contributed by atoms with Crippen LogP contribution in [0.4, 0.5) is 0 Å². The fraction of sp³-hybridized carbons (Fsp3) is 0.312. The summed E-state index contributed by atoms with van der Waals surface area (Å²) in [4.78, 5) is 6.57. The number of aromatic nitrogens is 3. The van der Waals surface area contributed by atoms with Crippen LogP contribution in [-0.2, 0) is 6.54 Å². The zero-order valence-corrected chi connectivity index (χ0v) is 12.9. The van der Waals surface area contributed by atoms with Gasteiger partial charge in [0.2, 0.25) is 11.7 Å². The van der Waals surface area contributed by atoms with Gasteiger partial charge in [0.25, 0.3) is 0 Å². The van der Waals surface area contributed by atoms with Crippen molar-refractivity contribution in [1.82, 2.24) is 20.2 Å². The van der Waals surface area contributed by atoms with Crippen LogP contribution in [0.3, 0.4) is 0 Å². The second-order valence-electron chi connectivity index (χ2n) is 5.34. The molecule has 3 aromatic rings. The van der Waals surface area contributed by atoms with E-state index in [4.69, 9.17) is 9.05 Å². The Labute approximate surface area is 128 Å². The van der Waals surface area contributed by atoms with Crippen molar-refractivity contribution in [2.45, 2.75) is 26.4 Å². The lowest BCUT2D eigenvalue weighted by atomic mass is 10.2. The molecule has 1 atom stereocenters. The van der Waals surface area contributed by atoms with Gasteiger partial charge in [-0.05, 0) is 20.9 Å². The predicted octanol–water partition coefficient (Wildman–Crippen LogP) is 3.23. The van der Waals surface area contributed by atoms with E-state index in [0.29, 0.717) is 18.3 Å². The van der Waals surface area contributed by atoms with Crippen LogP contribution in [0.1, 0.15) is 30.3 Å². The van der Waals surface area contributed by atoms with Gasteiger partial charge in [-0.15, -0.1) is 0 Å². The Bertz CT molecular complexity index is 735. The second kappa shape index (κ2) is 6.11. The molecule has 0 amide bonds. The minimum absolute atomic E-state index is 0.0121. The quantitative estimate of drug-likeness (QED) is 0.720. The Morgan fingerprint density at radius 3 is 2.59 bits per heavy atom. The normalized spacial score (nSPS) is 12.7. The summed E-state index contributed by atoms with van der Waals surface area (Å²) in [5, 5.41) is 8.06. The van der Waals surface area contributed by atoms with Crippen LogP contribution in [0.2, 0.25) is 0 Å². The van der Waals surface area contributed by atoms with Crippen molar-refractivity contribution in [2.24, 2.45) is 0 Å². The molecule has 6 heteroatoms. The van der Waals surface area contributed by atoms with E-state index < -0.39 is 0 Å². The Morgan fingerprint density at radius 1 is 1.14 bits per heavy atom. The first kappa shape index (κ1) is 14.5. The molecular formula is C16H18N4O2. The Hall–Kier alpha value is -2.47. The summed E-state index contributed by atoms with van der Waals surface area (Å²) in [5.41, 5.74) is 1.83. The molecule has 0 saturated carbocycles. The number of hydrogen-bond acceptors (Lipinski definition) is 6. The molecule has 3 rings (SSSR count). The standard InChI is InChI=1S/C16H18N4O2/c1-11-9-14(18-21-11)10-20(3)12(2)16-17-15(19-22-16)13-7-5-4-6-8-13/h4-9,12H,10H2,1-3H3. The van der Waals surface area contributed by atoms with Crippen molar-refractivity contribution >= 4 is 0 Å². The van der Waals surface area contributed by atoms with Crippen molar-refractivity contribution in [3.8, 4) is 11.4 Å². The first-order valence-corrected chi connectivity index (χ1v) is 7.15. The summed E-state index contributed by atoms with van der Waals surface area (Å²) in [6, 6.07) is 11.7. The molecule has 0 aliphatic rings. The number of rotatable bonds is 5. The van der Waals surface area contributed by atoms with E-state index in [1.807, 2.05) is 57.3 Å². The van der Waals surface area contributed by atoms with Crippen LogP contribution in [0.15, 0.2) is 45.4 Å². The fourth-order valence-corrected chi connectivity index (χ4v) is 2.18. The largest absolute Gasteiger partial charge is 0.361 e. The molecule has 1 aromatic carbocycles. The third-order valence-electron chi connectivity index (χ3n) is 3.58. The van der Waals surface area contributed by atoms with Crippen molar-refractivity contribution in [3.05, 3.63) is 53.7 Å². The monoisotopic (exact) mass is 298 g/mol. The highest BCUT2D eigenvalue weighted by Gasteiger charge is 2.20. The molecule has 2 heterocycles. The maximum Gasteiger partial charge on any atom is 0.244 e. The molecule has 114 valence electrons. The molecular weight excluding hydrogens is 280 g/mol. The molecule has 0 aliphatic carbocycles. The number of hydrogen-bond donors (Lipinski definition) is 0. The molecule has 0 aliphatic heterocycles. The molecule has 22 heavy (non-hydrogen) atoms.